The quantitative estimate of drug-likeness (QED) is 0.0114. The second kappa shape index (κ2) is 50.0. The molecule has 0 aliphatic carbocycles. The van der Waals surface area contributed by atoms with Crippen LogP contribution in [0, 0.1) is 0 Å². The second-order valence-electron chi connectivity index (χ2n) is 27.8. The molecule has 6 aromatic rings. The van der Waals surface area contributed by atoms with Crippen LogP contribution in [-0.4, -0.2) is 141 Å². The maximum absolute atomic E-state index is 11.0. The predicted octanol–water partition coefficient (Wildman–Crippen LogP) is 14.9. The van der Waals surface area contributed by atoms with Crippen LogP contribution in [0.3, 0.4) is 0 Å². The summed E-state index contributed by atoms with van der Waals surface area (Å²) in [4.78, 5) is 20.3. The number of methoxy groups -OCH3 is 6. The Labute approximate surface area is 695 Å². The van der Waals surface area contributed by atoms with E-state index in [0.29, 0.717) is 31.7 Å². The summed E-state index contributed by atoms with van der Waals surface area (Å²) < 4.78 is 109. The first kappa shape index (κ1) is 93.3. The molecule has 0 N–H and O–H groups in total. The van der Waals surface area contributed by atoms with Crippen LogP contribution in [0.1, 0.15) is 195 Å². The molecule has 9 rings (SSSR count). The SMILES string of the molecule is CC(=O)[S-].COCOc1ccc([C@@]2(C)COc3cc(OCOC)ccc3[C@H]2C)cc1.COCOc1ccc([C@@]2(C)COc3cc(OCOC)ccc3[C@H]2CCCCCCCCCOS(C)(=O)=O)cc1.COCOc1ccc([C@@]2(C)COc3cc(OCOC)ccc3[C@H]2CCCCCCCCCSC(C)=O)cc1.[K+]. The third-order valence-corrected chi connectivity index (χ3v) is 21.2. The van der Waals surface area contributed by atoms with Gasteiger partial charge in [-0.25, -0.2) is 0 Å². The zero-order chi connectivity index (χ0) is 77.5. The summed E-state index contributed by atoms with van der Waals surface area (Å²) in [7, 11) is 6.34. The Morgan fingerprint density at radius 2 is 0.704 bits per heavy atom. The van der Waals surface area contributed by atoms with E-state index >= 15 is 0 Å². The molecule has 3 aliphatic heterocycles. The van der Waals surface area contributed by atoms with Crippen LogP contribution in [0.4, 0.5) is 0 Å². The summed E-state index contributed by atoms with van der Waals surface area (Å²) in [5.41, 5.74) is 6.85. The number of carbonyl (C=O) groups excluding carboxylic acids is 2. The van der Waals surface area contributed by atoms with Crippen molar-refractivity contribution in [1.29, 1.82) is 0 Å². The Kier molecular flexibility index (Phi) is 43.2. The summed E-state index contributed by atoms with van der Waals surface area (Å²) in [6.45, 7) is 15.5. The summed E-state index contributed by atoms with van der Waals surface area (Å²) in [5.74, 6) is 9.15. The molecule has 0 spiro atoms. The van der Waals surface area contributed by atoms with E-state index in [0.717, 1.165) is 128 Å². The van der Waals surface area contributed by atoms with E-state index in [4.69, 9.17) is 75.2 Å². The molecule has 108 heavy (non-hydrogen) atoms. The van der Waals surface area contributed by atoms with Crippen molar-refractivity contribution in [3.05, 3.63) is 161 Å². The molecule has 0 radical (unpaired) electrons. The van der Waals surface area contributed by atoms with Gasteiger partial charge >= 0.3 is 51.4 Å². The molecule has 0 saturated heterocycles. The molecule has 0 unspecified atom stereocenters. The predicted molar refractivity (Wildman–Crippen MR) is 422 cm³/mol. The van der Waals surface area contributed by atoms with Crippen LogP contribution in [0.25, 0.3) is 0 Å². The zero-order valence-corrected chi connectivity index (χ0v) is 71.9. The van der Waals surface area contributed by atoms with Gasteiger partial charge in [0.05, 0.1) is 32.7 Å². The second-order valence-corrected chi connectivity index (χ2v) is 31.3. The summed E-state index contributed by atoms with van der Waals surface area (Å²) >= 11 is 5.43. The topological polar surface area (TPSA) is 216 Å². The van der Waals surface area contributed by atoms with Crippen molar-refractivity contribution < 1.29 is 145 Å². The fourth-order valence-electron chi connectivity index (χ4n) is 13.7. The van der Waals surface area contributed by atoms with Crippen LogP contribution in [0.5, 0.6) is 51.7 Å². The number of ether oxygens (including phenoxy) is 15. The minimum absolute atomic E-state index is 0. The number of unbranched alkanes of at least 4 members (excludes halogenated alkanes) is 12. The first-order valence-electron chi connectivity index (χ1n) is 37.0. The van der Waals surface area contributed by atoms with Crippen LogP contribution >= 0.6 is 11.8 Å². The third kappa shape index (κ3) is 30.7. The summed E-state index contributed by atoms with van der Waals surface area (Å²) in [6.07, 6.45) is 19.2. The molecule has 3 heterocycles. The molecule has 592 valence electrons. The summed E-state index contributed by atoms with van der Waals surface area (Å²) in [5, 5.41) is -0.0271. The van der Waals surface area contributed by atoms with E-state index in [-0.39, 0.29) is 131 Å². The van der Waals surface area contributed by atoms with Crippen molar-refractivity contribution in [2.45, 2.75) is 178 Å². The van der Waals surface area contributed by atoms with Gasteiger partial charge in [-0.2, -0.15) is 8.42 Å². The third-order valence-electron chi connectivity index (χ3n) is 19.7. The van der Waals surface area contributed by atoms with Gasteiger partial charge in [-0.15, -0.1) is 0 Å². The monoisotopic (exact) mass is 1580 g/mol. The normalized spacial score (nSPS) is 18.7. The smallest absolute Gasteiger partial charge is 0.742 e. The molecule has 0 fully saturated rings. The van der Waals surface area contributed by atoms with E-state index in [2.05, 4.69) is 94.9 Å². The molecule has 0 amide bonds. The van der Waals surface area contributed by atoms with Crippen molar-refractivity contribution in [2.24, 2.45) is 0 Å². The fourth-order valence-corrected chi connectivity index (χ4v) is 14.7. The molecule has 3 aliphatic rings. The van der Waals surface area contributed by atoms with Crippen LogP contribution in [-0.2, 0) is 81.2 Å². The van der Waals surface area contributed by atoms with Crippen LogP contribution < -0.4 is 94.0 Å². The molecule has 0 bridgehead atoms. The van der Waals surface area contributed by atoms with Gasteiger partial charge in [0.2, 0.25) is 0 Å². The van der Waals surface area contributed by atoms with Crippen molar-refractivity contribution >= 4 is 44.7 Å². The Balaban J connectivity index is 0.000000287. The van der Waals surface area contributed by atoms with Crippen molar-refractivity contribution in [3.8, 4) is 51.7 Å². The number of benzene rings is 6. The molecule has 0 aromatic heterocycles. The van der Waals surface area contributed by atoms with E-state index < -0.39 is 10.1 Å². The molecule has 0 saturated carbocycles. The molecular formula is C84H117KO20S3. The molecule has 20 nitrogen and oxygen atoms in total. The number of thioether (sulfide) groups is 1. The molecular weight excluding hydrogens is 1460 g/mol. The number of rotatable bonds is 42. The largest absolute Gasteiger partial charge is 1.00 e. The van der Waals surface area contributed by atoms with Gasteiger partial charge in [-0.05, 0) is 127 Å². The van der Waals surface area contributed by atoms with Gasteiger partial charge in [-0.1, -0.05) is 171 Å². The average Bonchev–Trinajstić information content (AvgIpc) is 0.769. The van der Waals surface area contributed by atoms with Gasteiger partial charge in [0.15, 0.2) is 45.9 Å². The number of hydrogen-bond donors (Lipinski definition) is 0. The van der Waals surface area contributed by atoms with Gasteiger partial charge in [0, 0.05) is 107 Å². The van der Waals surface area contributed by atoms with Gasteiger partial charge in [0.1, 0.15) is 51.7 Å². The standard InChI is InChI=1S/C31H44O6S.C30H44O8S.C21H26O5.C2H4OS.K/c1-24(32)38-19-11-9-7-5-6-8-10-12-29-28-18-17-27(37-23-34-4)20-30(28)35-21-31(29,2)25-13-15-26(16-14-25)36-22-33-3;1-30(24-13-15-25(16-14-24)36-22-33-2)21-35-29-20-26(37-23-34-3)17-18-27(29)28(30)12-10-8-6-5-7-9-11-19-38-39(4,31)32;1-15-19-10-9-18(26-14-23-4)11-20(19)24-12-21(15,2)16-5-7-17(8-6-16)25-13-22-3;1-2(3)4;/h13-18,20,29H,5-12,19,21-23H2,1-4H3;13-18,20,28H,5-12,19,21-23H2,1-4H3;5-11,15H,12-14H2,1-4H3;1H3,(H,3,4);/q;;;;+1/p-1/t29-,31-;28-,30-;15-,21+;;/m111../s1. The van der Waals surface area contributed by atoms with Gasteiger partial charge in [-0.3, -0.25) is 8.98 Å². The molecule has 6 aromatic carbocycles. The number of fused-ring (bicyclic) bond motifs is 3. The van der Waals surface area contributed by atoms with Gasteiger partial charge in [0.25, 0.3) is 10.1 Å². The zero-order valence-electron chi connectivity index (χ0n) is 66.3. The Hall–Kier alpha value is -5.26. The number of carbonyl (C=O) groups is 2. The Bertz CT molecular complexity index is 3660. The summed E-state index contributed by atoms with van der Waals surface area (Å²) in [6, 6.07) is 43.0. The minimum atomic E-state index is -3.34. The van der Waals surface area contributed by atoms with Crippen LogP contribution in [0.15, 0.2) is 127 Å². The van der Waals surface area contributed by atoms with Gasteiger partial charge < -0.3 is 88.5 Å². The van der Waals surface area contributed by atoms with E-state index in [9.17, 15) is 18.0 Å². The van der Waals surface area contributed by atoms with Crippen molar-refractivity contribution in [3.63, 3.8) is 0 Å². The fraction of sp³-hybridized carbons (Fsp3) is 0.548. The first-order valence-corrected chi connectivity index (χ1v) is 40.2. The Morgan fingerprint density at radius 3 is 1.04 bits per heavy atom. The van der Waals surface area contributed by atoms with Crippen LogP contribution in [0.2, 0.25) is 0 Å². The number of hydrogen-bond acceptors (Lipinski definition) is 22. The maximum Gasteiger partial charge on any atom is 1.00 e. The van der Waals surface area contributed by atoms with E-state index in [1.807, 2.05) is 72.8 Å². The van der Waals surface area contributed by atoms with E-state index in [1.54, 1.807) is 49.6 Å². The maximum atomic E-state index is 11.0. The molecule has 24 heteroatoms. The van der Waals surface area contributed by atoms with Crippen molar-refractivity contribution in [2.75, 3.05) is 122 Å². The first-order chi connectivity index (χ1) is 51.5. The minimum Gasteiger partial charge on any atom is -0.742 e. The Morgan fingerprint density at radius 1 is 0.426 bits per heavy atom. The average molecular weight is 1580 g/mol. The van der Waals surface area contributed by atoms with E-state index in [1.165, 1.54) is 90.6 Å². The van der Waals surface area contributed by atoms with Crippen molar-refractivity contribution in [1.82, 2.24) is 0 Å². The molecule has 6 atom stereocenters.